The molecular formula is C14H26ClN3OS. The van der Waals surface area contributed by atoms with Crippen LogP contribution in [0, 0.1) is 0 Å². The molecule has 0 aliphatic carbocycles. The molecule has 4 nitrogen and oxygen atoms in total. The number of fused-ring (bicyclic) bond motifs is 1. The van der Waals surface area contributed by atoms with Crippen LogP contribution in [0.3, 0.4) is 0 Å². The molecular weight excluding hydrogens is 294 g/mol. The van der Waals surface area contributed by atoms with Crippen LogP contribution in [0.5, 0.6) is 0 Å². The normalized spacial score (nSPS) is 17.1. The van der Waals surface area contributed by atoms with E-state index in [1.165, 1.54) is 0 Å². The third kappa shape index (κ3) is 4.30. The summed E-state index contributed by atoms with van der Waals surface area (Å²) in [7, 11) is -0.901. The summed E-state index contributed by atoms with van der Waals surface area (Å²) in [6.45, 7) is 11.2. The number of hydrogen-bond donors (Lipinski definition) is 0. The molecule has 6 heteroatoms. The van der Waals surface area contributed by atoms with Crippen molar-refractivity contribution in [2.24, 2.45) is 0 Å². The Labute approximate surface area is 129 Å². The van der Waals surface area contributed by atoms with Crippen LogP contribution in [0.2, 0.25) is 5.02 Å². The Hall–Kier alpha value is -0.390. The lowest BCUT2D eigenvalue weighted by Crippen LogP contribution is -2.30. The zero-order chi connectivity index (χ0) is 15.3. The van der Waals surface area contributed by atoms with Gasteiger partial charge in [-0.15, -0.1) is 0 Å². The second-order valence-electron chi connectivity index (χ2n) is 5.07. The molecule has 0 saturated carbocycles. The SMILES string of the molecule is CC.CC(C)N1CCCn2nc(CS(C)=O)c(Cl)c2C1. The molecule has 0 amide bonds. The van der Waals surface area contributed by atoms with Crippen LogP contribution in [0.1, 0.15) is 45.5 Å². The van der Waals surface area contributed by atoms with Crippen molar-refractivity contribution in [3.8, 4) is 0 Å². The molecule has 1 atom stereocenters. The van der Waals surface area contributed by atoms with Gasteiger partial charge in [0.1, 0.15) is 0 Å². The maximum atomic E-state index is 11.3. The van der Waals surface area contributed by atoms with E-state index >= 15 is 0 Å². The van der Waals surface area contributed by atoms with E-state index in [2.05, 4.69) is 23.8 Å². The van der Waals surface area contributed by atoms with E-state index in [9.17, 15) is 4.21 Å². The van der Waals surface area contributed by atoms with Gasteiger partial charge in [0.05, 0.1) is 22.2 Å². The molecule has 0 saturated heterocycles. The lowest BCUT2D eigenvalue weighted by molar-refractivity contribution is 0.216. The molecule has 0 spiro atoms. The summed E-state index contributed by atoms with van der Waals surface area (Å²) >= 11 is 6.38. The van der Waals surface area contributed by atoms with E-state index in [-0.39, 0.29) is 0 Å². The molecule has 1 aromatic heterocycles. The lowest BCUT2D eigenvalue weighted by Gasteiger charge is -2.23. The zero-order valence-electron chi connectivity index (χ0n) is 13.1. The van der Waals surface area contributed by atoms with Crippen molar-refractivity contribution >= 4 is 22.4 Å². The molecule has 1 aromatic rings. The number of aromatic nitrogens is 2. The van der Waals surface area contributed by atoms with Crippen molar-refractivity contribution in [3.63, 3.8) is 0 Å². The van der Waals surface area contributed by atoms with Crippen molar-refractivity contribution in [1.82, 2.24) is 14.7 Å². The van der Waals surface area contributed by atoms with E-state index in [4.69, 9.17) is 11.6 Å². The van der Waals surface area contributed by atoms with E-state index in [0.29, 0.717) is 16.8 Å². The summed E-state index contributed by atoms with van der Waals surface area (Å²) < 4.78 is 13.3. The summed E-state index contributed by atoms with van der Waals surface area (Å²) in [5.74, 6) is 0.445. The molecule has 20 heavy (non-hydrogen) atoms. The van der Waals surface area contributed by atoms with Gasteiger partial charge < -0.3 is 0 Å². The van der Waals surface area contributed by atoms with Gasteiger partial charge in [-0.25, -0.2) is 0 Å². The average Bonchev–Trinajstić information content (AvgIpc) is 2.59. The molecule has 0 fully saturated rings. The molecule has 0 aromatic carbocycles. The van der Waals surface area contributed by atoms with Crippen molar-refractivity contribution in [2.45, 2.75) is 59.0 Å². The summed E-state index contributed by atoms with van der Waals surface area (Å²) in [6, 6.07) is 0.506. The van der Waals surface area contributed by atoms with E-state index in [1.54, 1.807) is 6.26 Å². The Morgan fingerprint density at radius 2 is 2.00 bits per heavy atom. The lowest BCUT2D eigenvalue weighted by atomic mass is 10.2. The minimum atomic E-state index is -0.901. The fraction of sp³-hybridized carbons (Fsp3) is 0.786. The van der Waals surface area contributed by atoms with Crippen LogP contribution >= 0.6 is 11.6 Å². The maximum absolute atomic E-state index is 11.3. The smallest absolute Gasteiger partial charge is 0.0938 e. The van der Waals surface area contributed by atoms with E-state index < -0.39 is 10.8 Å². The first-order chi connectivity index (χ1) is 9.49. The van der Waals surface area contributed by atoms with Crippen LogP contribution in [0.25, 0.3) is 0 Å². The third-order valence-corrected chi connectivity index (χ3v) is 4.41. The Morgan fingerprint density at radius 1 is 1.35 bits per heavy atom. The molecule has 0 bridgehead atoms. The number of nitrogens with zero attached hydrogens (tertiary/aromatic N) is 3. The van der Waals surface area contributed by atoms with E-state index in [0.717, 1.165) is 37.4 Å². The summed E-state index contributed by atoms with van der Waals surface area (Å²) in [5.41, 5.74) is 1.85. The highest BCUT2D eigenvalue weighted by Crippen LogP contribution is 2.26. The maximum Gasteiger partial charge on any atom is 0.0938 e. The van der Waals surface area contributed by atoms with Crippen molar-refractivity contribution in [3.05, 3.63) is 16.4 Å². The summed E-state index contributed by atoms with van der Waals surface area (Å²) in [5, 5.41) is 5.22. The van der Waals surface area contributed by atoms with Gasteiger partial charge in [0.2, 0.25) is 0 Å². The molecule has 116 valence electrons. The molecule has 0 radical (unpaired) electrons. The fourth-order valence-electron chi connectivity index (χ4n) is 2.29. The van der Waals surface area contributed by atoms with Crippen molar-refractivity contribution in [2.75, 3.05) is 12.8 Å². The minimum Gasteiger partial charge on any atom is -0.295 e. The average molecular weight is 320 g/mol. The monoisotopic (exact) mass is 319 g/mol. The van der Waals surface area contributed by atoms with Crippen LogP contribution in [0.4, 0.5) is 0 Å². The van der Waals surface area contributed by atoms with Crippen LogP contribution in [-0.2, 0) is 29.6 Å². The van der Waals surface area contributed by atoms with Crippen LogP contribution in [0.15, 0.2) is 0 Å². The zero-order valence-corrected chi connectivity index (χ0v) is 14.7. The molecule has 2 heterocycles. The third-order valence-electron chi connectivity index (χ3n) is 3.30. The molecule has 0 N–H and O–H groups in total. The summed E-state index contributed by atoms with van der Waals surface area (Å²) in [4.78, 5) is 2.40. The fourth-order valence-corrected chi connectivity index (χ4v) is 3.21. The van der Waals surface area contributed by atoms with Gasteiger partial charge in [-0.05, 0) is 20.3 Å². The standard InChI is InChI=1S/C12H20ClN3OS.C2H6/c1-9(2)15-5-4-6-16-11(7-15)12(13)10(14-16)8-18(3)17;1-2/h9H,4-8H2,1-3H3;1-2H3. The summed E-state index contributed by atoms with van der Waals surface area (Å²) in [6.07, 6.45) is 2.76. The topological polar surface area (TPSA) is 38.1 Å². The number of aryl methyl sites for hydroxylation is 1. The number of hydrogen-bond acceptors (Lipinski definition) is 3. The highest BCUT2D eigenvalue weighted by molar-refractivity contribution is 7.83. The molecule has 1 aliphatic heterocycles. The Kier molecular flexibility index (Phi) is 7.20. The first kappa shape index (κ1) is 17.7. The first-order valence-corrected chi connectivity index (χ1v) is 9.37. The van der Waals surface area contributed by atoms with Crippen LogP contribution in [-0.4, -0.2) is 37.7 Å². The van der Waals surface area contributed by atoms with Gasteiger partial charge in [0.15, 0.2) is 0 Å². The number of halogens is 1. The second-order valence-corrected chi connectivity index (χ2v) is 6.88. The van der Waals surface area contributed by atoms with Crippen molar-refractivity contribution in [1.29, 1.82) is 0 Å². The highest BCUT2D eigenvalue weighted by atomic mass is 35.5. The van der Waals surface area contributed by atoms with Gasteiger partial charge >= 0.3 is 0 Å². The van der Waals surface area contributed by atoms with Gasteiger partial charge in [-0.1, -0.05) is 25.4 Å². The Bertz CT molecular complexity index is 460. The predicted octanol–water partition coefficient (Wildman–Crippen LogP) is 3.06. The van der Waals surface area contributed by atoms with Gasteiger partial charge in [-0.3, -0.25) is 13.8 Å². The number of rotatable bonds is 3. The van der Waals surface area contributed by atoms with Gasteiger partial charge in [0.25, 0.3) is 0 Å². The Balaban J connectivity index is 0.000000956. The van der Waals surface area contributed by atoms with Crippen molar-refractivity contribution < 1.29 is 4.21 Å². The largest absolute Gasteiger partial charge is 0.295 e. The van der Waals surface area contributed by atoms with Crippen LogP contribution < -0.4 is 0 Å². The van der Waals surface area contributed by atoms with E-state index in [1.807, 2.05) is 18.5 Å². The first-order valence-electron chi connectivity index (χ1n) is 7.27. The second kappa shape index (κ2) is 8.15. The quantitative estimate of drug-likeness (QED) is 0.859. The molecule has 1 unspecified atom stereocenters. The predicted molar refractivity (Wildman–Crippen MR) is 86.5 cm³/mol. The molecule has 2 rings (SSSR count). The highest BCUT2D eigenvalue weighted by Gasteiger charge is 2.23. The minimum absolute atomic E-state index is 0.445. The van der Waals surface area contributed by atoms with Gasteiger partial charge in [-0.2, -0.15) is 5.10 Å². The van der Waals surface area contributed by atoms with Gasteiger partial charge in [0, 0.05) is 42.7 Å². The molecule has 1 aliphatic rings. The Morgan fingerprint density at radius 3 is 2.55 bits per heavy atom.